The second-order valence-corrected chi connectivity index (χ2v) is 3.73. The van der Waals surface area contributed by atoms with Crippen LogP contribution >= 0.6 is 0 Å². The Balaban J connectivity index is 4.08. The molecule has 0 aliphatic carbocycles. The minimum atomic E-state index is -0.689. The number of nitrogens with one attached hydrogen (secondary N) is 1. The lowest BCUT2D eigenvalue weighted by atomic mass is 9.96. The second kappa shape index (κ2) is 5.32. The molecule has 0 aliphatic rings. The van der Waals surface area contributed by atoms with E-state index < -0.39 is 11.4 Å². The van der Waals surface area contributed by atoms with Crippen LogP contribution in [0.5, 0.6) is 0 Å². The summed E-state index contributed by atoms with van der Waals surface area (Å²) < 4.78 is 12.4. The predicted octanol–water partition coefficient (Wildman–Crippen LogP) is 2.17. The van der Waals surface area contributed by atoms with E-state index in [1.807, 2.05) is 0 Å². The van der Waals surface area contributed by atoms with Crippen LogP contribution < -0.4 is 5.32 Å². The molecule has 0 heterocycles. The number of hydrogen-bond acceptors (Lipinski definition) is 2. The lowest BCUT2D eigenvalue weighted by Gasteiger charge is -2.15. The van der Waals surface area contributed by atoms with Gasteiger partial charge in [0.2, 0.25) is 11.9 Å². The van der Waals surface area contributed by atoms with Crippen molar-refractivity contribution in [1.82, 2.24) is 5.32 Å². The SMILES string of the molecule is C=NC(F)=CC=CNC(=O)C(C)(C)C. The first-order chi connectivity index (χ1) is 6.38. The van der Waals surface area contributed by atoms with Gasteiger partial charge in [0, 0.05) is 11.6 Å². The molecule has 0 aromatic rings. The molecule has 1 amide bonds. The molecule has 3 nitrogen and oxygen atoms in total. The van der Waals surface area contributed by atoms with Gasteiger partial charge in [0.05, 0.1) is 0 Å². The van der Waals surface area contributed by atoms with Crippen molar-refractivity contribution >= 4 is 12.6 Å². The Hall–Kier alpha value is -1.45. The second-order valence-electron chi connectivity index (χ2n) is 3.73. The molecule has 14 heavy (non-hydrogen) atoms. The number of nitrogens with zero attached hydrogens (tertiary/aromatic N) is 1. The summed E-state index contributed by atoms with van der Waals surface area (Å²) in [6, 6.07) is 0. The van der Waals surface area contributed by atoms with Crippen LogP contribution in [0.25, 0.3) is 0 Å². The highest BCUT2D eigenvalue weighted by atomic mass is 19.1. The number of amides is 1. The van der Waals surface area contributed by atoms with Crippen LogP contribution in [0.15, 0.2) is 29.3 Å². The van der Waals surface area contributed by atoms with Gasteiger partial charge in [-0.1, -0.05) is 20.8 Å². The van der Waals surface area contributed by atoms with Crippen LogP contribution in [0.2, 0.25) is 0 Å². The summed E-state index contributed by atoms with van der Waals surface area (Å²) in [6.45, 7) is 8.37. The van der Waals surface area contributed by atoms with Gasteiger partial charge in [-0.2, -0.15) is 4.39 Å². The van der Waals surface area contributed by atoms with Gasteiger partial charge in [-0.15, -0.1) is 0 Å². The van der Waals surface area contributed by atoms with E-state index in [1.165, 1.54) is 12.3 Å². The first-order valence-corrected chi connectivity index (χ1v) is 4.18. The first kappa shape index (κ1) is 12.6. The number of hydrogen-bond donors (Lipinski definition) is 1. The van der Waals surface area contributed by atoms with Gasteiger partial charge in [0.1, 0.15) is 0 Å². The third-order valence-electron chi connectivity index (χ3n) is 1.38. The molecule has 0 bridgehead atoms. The fourth-order valence-corrected chi connectivity index (χ4v) is 0.521. The lowest BCUT2D eigenvalue weighted by Crippen LogP contribution is -2.31. The molecule has 0 radical (unpaired) electrons. The highest BCUT2D eigenvalue weighted by Gasteiger charge is 2.19. The maximum Gasteiger partial charge on any atom is 0.229 e. The fourth-order valence-electron chi connectivity index (χ4n) is 0.521. The summed E-state index contributed by atoms with van der Waals surface area (Å²) in [5.74, 6) is -0.819. The number of rotatable bonds is 3. The number of carbonyl (C=O) groups is 1. The van der Waals surface area contributed by atoms with Gasteiger partial charge in [-0.05, 0) is 18.9 Å². The molecule has 0 aromatic heterocycles. The van der Waals surface area contributed by atoms with Crippen molar-refractivity contribution in [2.45, 2.75) is 20.8 Å². The average molecular weight is 198 g/mol. The van der Waals surface area contributed by atoms with Crippen LogP contribution in [0.3, 0.4) is 0 Å². The fraction of sp³-hybridized carbons (Fsp3) is 0.400. The Morgan fingerprint density at radius 1 is 1.50 bits per heavy atom. The molecule has 4 heteroatoms. The summed E-state index contributed by atoms with van der Waals surface area (Å²) in [5, 5.41) is 2.51. The number of carbonyl (C=O) groups excluding carboxylic acids is 1. The van der Waals surface area contributed by atoms with E-state index in [0.717, 1.165) is 6.08 Å². The molecule has 0 spiro atoms. The molecular formula is C10H15FN2O. The van der Waals surface area contributed by atoms with E-state index in [2.05, 4.69) is 17.0 Å². The van der Waals surface area contributed by atoms with E-state index >= 15 is 0 Å². The molecule has 0 unspecified atom stereocenters. The minimum absolute atomic E-state index is 0.130. The zero-order chi connectivity index (χ0) is 11.2. The maximum atomic E-state index is 12.4. The van der Waals surface area contributed by atoms with Crippen molar-refractivity contribution in [2.24, 2.45) is 10.4 Å². The minimum Gasteiger partial charge on any atom is -0.332 e. The maximum absolute atomic E-state index is 12.4. The summed E-state index contributed by atoms with van der Waals surface area (Å²) in [6.07, 6.45) is 3.82. The van der Waals surface area contributed by atoms with E-state index in [0.29, 0.717) is 0 Å². The topological polar surface area (TPSA) is 41.5 Å². The van der Waals surface area contributed by atoms with Gasteiger partial charge in [0.15, 0.2) is 0 Å². The third kappa shape index (κ3) is 5.24. The van der Waals surface area contributed by atoms with Crippen molar-refractivity contribution in [1.29, 1.82) is 0 Å². The predicted molar refractivity (Wildman–Crippen MR) is 55.5 cm³/mol. The molecule has 0 rings (SSSR count). The monoisotopic (exact) mass is 198 g/mol. The zero-order valence-electron chi connectivity index (χ0n) is 8.67. The van der Waals surface area contributed by atoms with E-state index in [9.17, 15) is 9.18 Å². The first-order valence-electron chi connectivity index (χ1n) is 4.18. The Morgan fingerprint density at radius 2 is 2.07 bits per heavy atom. The Morgan fingerprint density at radius 3 is 2.50 bits per heavy atom. The largest absolute Gasteiger partial charge is 0.332 e. The summed E-state index contributed by atoms with van der Waals surface area (Å²) in [5.41, 5.74) is -0.455. The van der Waals surface area contributed by atoms with E-state index in [4.69, 9.17) is 0 Å². The van der Waals surface area contributed by atoms with Crippen molar-refractivity contribution < 1.29 is 9.18 Å². The van der Waals surface area contributed by atoms with Gasteiger partial charge in [0.25, 0.3) is 0 Å². The number of allylic oxidation sites excluding steroid dienone is 2. The normalized spacial score (nSPS) is 13.0. The van der Waals surface area contributed by atoms with Crippen molar-refractivity contribution in [3.63, 3.8) is 0 Å². The van der Waals surface area contributed by atoms with Gasteiger partial charge in [-0.25, -0.2) is 4.99 Å². The smallest absolute Gasteiger partial charge is 0.229 e. The zero-order valence-corrected chi connectivity index (χ0v) is 8.67. The van der Waals surface area contributed by atoms with Gasteiger partial charge >= 0.3 is 0 Å². The Kier molecular flexibility index (Phi) is 4.77. The molecule has 0 saturated carbocycles. The molecular weight excluding hydrogens is 183 g/mol. The van der Waals surface area contributed by atoms with Gasteiger partial charge in [-0.3, -0.25) is 4.79 Å². The third-order valence-corrected chi connectivity index (χ3v) is 1.38. The van der Waals surface area contributed by atoms with Crippen molar-refractivity contribution in [3.8, 4) is 0 Å². The number of halogens is 1. The van der Waals surface area contributed by atoms with E-state index in [-0.39, 0.29) is 5.91 Å². The molecule has 1 N–H and O–H groups in total. The van der Waals surface area contributed by atoms with Crippen LogP contribution in [0.4, 0.5) is 4.39 Å². The van der Waals surface area contributed by atoms with Crippen LogP contribution in [0.1, 0.15) is 20.8 Å². The van der Waals surface area contributed by atoms with Crippen LogP contribution in [0, 0.1) is 5.41 Å². The standard InChI is InChI=1S/C10H15FN2O/c1-10(2,3)9(14)13-7-5-6-8(11)12-4/h5-7H,4H2,1-3H3,(H,13,14). The van der Waals surface area contributed by atoms with Crippen molar-refractivity contribution in [3.05, 3.63) is 24.3 Å². The summed E-state index contributed by atoms with van der Waals surface area (Å²) in [7, 11) is 0. The Bertz CT molecular complexity index is 274. The Labute approximate surface area is 83.4 Å². The molecule has 78 valence electrons. The highest BCUT2D eigenvalue weighted by molar-refractivity contribution is 5.82. The molecule has 0 saturated heterocycles. The van der Waals surface area contributed by atoms with E-state index in [1.54, 1.807) is 20.8 Å². The summed E-state index contributed by atoms with van der Waals surface area (Å²) in [4.78, 5) is 14.3. The molecule has 0 aromatic carbocycles. The van der Waals surface area contributed by atoms with Crippen molar-refractivity contribution in [2.75, 3.05) is 0 Å². The van der Waals surface area contributed by atoms with Gasteiger partial charge < -0.3 is 5.32 Å². The molecule has 0 fully saturated rings. The molecule has 0 atom stereocenters. The van der Waals surface area contributed by atoms with Crippen LogP contribution in [-0.4, -0.2) is 12.6 Å². The average Bonchev–Trinajstić information content (AvgIpc) is 2.09. The lowest BCUT2D eigenvalue weighted by molar-refractivity contribution is -0.127. The number of aliphatic imine (C=N–C) groups is 1. The summed E-state index contributed by atoms with van der Waals surface area (Å²) >= 11 is 0. The quantitative estimate of drug-likeness (QED) is 0.421. The van der Waals surface area contributed by atoms with Crippen LogP contribution in [-0.2, 0) is 4.79 Å². The molecule has 0 aliphatic heterocycles. The highest BCUT2D eigenvalue weighted by Crippen LogP contribution is 2.12.